The van der Waals surface area contributed by atoms with Crippen molar-refractivity contribution in [3.8, 4) is 0 Å². The third kappa shape index (κ3) is 3.82. The normalized spacial score (nSPS) is 10.9. The van der Waals surface area contributed by atoms with Crippen LogP contribution in [0.25, 0.3) is 0 Å². The quantitative estimate of drug-likeness (QED) is 0.721. The van der Waals surface area contributed by atoms with Crippen LogP contribution in [0.1, 0.15) is 41.9 Å². The van der Waals surface area contributed by atoms with E-state index in [0.29, 0.717) is 18.8 Å². The van der Waals surface area contributed by atoms with E-state index in [2.05, 4.69) is 19.9 Å². The molecule has 0 radical (unpaired) electrons. The molecular formula is C17H20O2. The van der Waals surface area contributed by atoms with Gasteiger partial charge < -0.3 is 4.42 Å². The SMILES string of the molecule is CC(C)Cc1ccccc1C(=O)CCc1ccco1. The van der Waals surface area contributed by atoms with Gasteiger partial charge in [-0.3, -0.25) is 4.79 Å². The lowest BCUT2D eigenvalue weighted by Crippen LogP contribution is -2.07. The number of benzene rings is 1. The van der Waals surface area contributed by atoms with Crippen molar-refractivity contribution in [1.29, 1.82) is 0 Å². The molecule has 0 spiro atoms. The Morgan fingerprint density at radius 3 is 2.63 bits per heavy atom. The van der Waals surface area contributed by atoms with Crippen LogP contribution in [0, 0.1) is 5.92 Å². The average molecular weight is 256 g/mol. The fourth-order valence-corrected chi connectivity index (χ4v) is 2.24. The monoisotopic (exact) mass is 256 g/mol. The van der Waals surface area contributed by atoms with Crippen molar-refractivity contribution in [1.82, 2.24) is 0 Å². The first-order valence-electron chi connectivity index (χ1n) is 6.80. The van der Waals surface area contributed by atoms with Gasteiger partial charge in [-0.15, -0.1) is 0 Å². The van der Waals surface area contributed by atoms with Gasteiger partial charge in [0.15, 0.2) is 5.78 Å². The van der Waals surface area contributed by atoms with Gasteiger partial charge in [0.25, 0.3) is 0 Å². The molecule has 2 rings (SSSR count). The van der Waals surface area contributed by atoms with E-state index < -0.39 is 0 Å². The number of aryl methyl sites for hydroxylation is 1. The highest BCUT2D eigenvalue weighted by molar-refractivity contribution is 5.97. The van der Waals surface area contributed by atoms with Gasteiger partial charge in [-0.2, -0.15) is 0 Å². The van der Waals surface area contributed by atoms with Crippen molar-refractivity contribution in [3.63, 3.8) is 0 Å². The summed E-state index contributed by atoms with van der Waals surface area (Å²) in [6, 6.07) is 11.7. The molecule has 2 heteroatoms. The highest BCUT2D eigenvalue weighted by Crippen LogP contribution is 2.17. The summed E-state index contributed by atoms with van der Waals surface area (Å²) in [6.45, 7) is 4.34. The summed E-state index contributed by atoms with van der Waals surface area (Å²) >= 11 is 0. The van der Waals surface area contributed by atoms with E-state index in [-0.39, 0.29) is 5.78 Å². The summed E-state index contributed by atoms with van der Waals surface area (Å²) in [5.74, 6) is 1.63. The molecule has 0 N–H and O–H groups in total. The molecule has 100 valence electrons. The van der Waals surface area contributed by atoms with Crippen LogP contribution in [0.4, 0.5) is 0 Å². The lowest BCUT2D eigenvalue weighted by atomic mass is 9.94. The summed E-state index contributed by atoms with van der Waals surface area (Å²) in [5.41, 5.74) is 2.02. The van der Waals surface area contributed by atoms with E-state index in [4.69, 9.17) is 4.42 Å². The number of Topliss-reactive ketones (excluding diaryl/α,β-unsaturated/α-hetero) is 1. The van der Waals surface area contributed by atoms with Crippen molar-refractivity contribution in [2.24, 2.45) is 5.92 Å². The molecule has 0 fully saturated rings. The summed E-state index contributed by atoms with van der Waals surface area (Å²) < 4.78 is 5.26. The molecule has 2 aromatic rings. The summed E-state index contributed by atoms with van der Waals surface area (Å²) in [4.78, 5) is 12.3. The van der Waals surface area contributed by atoms with Crippen molar-refractivity contribution < 1.29 is 9.21 Å². The molecule has 0 aliphatic rings. The predicted molar refractivity (Wildman–Crippen MR) is 76.3 cm³/mol. The maximum absolute atomic E-state index is 12.3. The summed E-state index contributed by atoms with van der Waals surface area (Å²) in [7, 11) is 0. The molecule has 0 atom stereocenters. The second kappa shape index (κ2) is 6.37. The second-order valence-corrected chi connectivity index (χ2v) is 5.26. The molecule has 1 heterocycles. The Morgan fingerprint density at radius 1 is 1.16 bits per heavy atom. The number of carbonyl (C=O) groups is 1. The van der Waals surface area contributed by atoms with E-state index >= 15 is 0 Å². The van der Waals surface area contributed by atoms with E-state index in [1.165, 1.54) is 0 Å². The third-order valence-corrected chi connectivity index (χ3v) is 3.12. The maximum atomic E-state index is 12.3. The highest BCUT2D eigenvalue weighted by atomic mass is 16.3. The fourth-order valence-electron chi connectivity index (χ4n) is 2.24. The zero-order valence-electron chi connectivity index (χ0n) is 11.6. The molecule has 0 saturated heterocycles. The number of hydrogen-bond acceptors (Lipinski definition) is 2. The smallest absolute Gasteiger partial charge is 0.163 e. The van der Waals surface area contributed by atoms with Gasteiger partial charge in [0.1, 0.15) is 5.76 Å². The third-order valence-electron chi connectivity index (χ3n) is 3.12. The van der Waals surface area contributed by atoms with E-state index in [1.807, 2.05) is 30.3 Å². The van der Waals surface area contributed by atoms with E-state index in [0.717, 1.165) is 23.3 Å². The van der Waals surface area contributed by atoms with E-state index in [9.17, 15) is 4.79 Å². The summed E-state index contributed by atoms with van der Waals surface area (Å²) in [6.07, 6.45) is 3.76. The Morgan fingerprint density at radius 2 is 1.95 bits per heavy atom. The minimum Gasteiger partial charge on any atom is -0.469 e. The van der Waals surface area contributed by atoms with Gasteiger partial charge in [-0.1, -0.05) is 38.1 Å². The minimum atomic E-state index is 0.202. The first-order chi connectivity index (χ1) is 9.16. The van der Waals surface area contributed by atoms with Crippen LogP contribution in [0.3, 0.4) is 0 Å². The first-order valence-corrected chi connectivity index (χ1v) is 6.80. The van der Waals surface area contributed by atoms with Crippen molar-refractivity contribution in [2.75, 3.05) is 0 Å². The summed E-state index contributed by atoms with van der Waals surface area (Å²) in [5, 5.41) is 0. The van der Waals surface area contributed by atoms with Gasteiger partial charge in [0, 0.05) is 18.4 Å². The largest absolute Gasteiger partial charge is 0.469 e. The Hall–Kier alpha value is -1.83. The molecule has 0 saturated carbocycles. The van der Waals surface area contributed by atoms with Crippen LogP contribution in [-0.2, 0) is 12.8 Å². The van der Waals surface area contributed by atoms with Crippen LogP contribution < -0.4 is 0 Å². The van der Waals surface area contributed by atoms with Gasteiger partial charge in [-0.05, 0) is 30.0 Å². The van der Waals surface area contributed by atoms with Gasteiger partial charge in [-0.25, -0.2) is 0 Å². The number of ketones is 1. The number of rotatable bonds is 6. The molecule has 1 aromatic heterocycles. The molecule has 0 unspecified atom stereocenters. The lowest BCUT2D eigenvalue weighted by molar-refractivity contribution is 0.0980. The molecule has 2 nitrogen and oxygen atoms in total. The lowest BCUT2D eigenvalue weighted by Gasteiger charge is -2.10. The molecular weight excluding hydrogens is 236 g/mol. The van der Waals surface area contributed by atoms with Gasteiger partial charge >= 0.3 is 0 Å². The fraction of sp³-hybridized carbons (Fsp3) is 0.353. The second-order valence-electron chi connectivity index (χ2n) is 5.26. The molecule has 1 aromatic carbocycles. The predicted octanol–water partition coefficient (Wildman–Crippen LogP) is 4.29. The average Bonchev–Trinajstić information content (AvgIpc) is 2.89. The maximum Gasteiger partial charge on any atom is 0.163 e. The molecule has 0 aliphatic heterocycles. The number of hydrogen-bond donors (Lipinski definition) is 0. The Kier molecular flexibility index (Phi) is 4.56. The van der Waals surface area contributed by atoms with Gasteiger partial charge in [0.05, 0.1) is 6.26 Å². The van der Waals surface area contributed by atoms with Crippen molar-refractivity contribution in [2.45, 2.75) is 33.1 Å². The van der Waals surface area contributed by atoms with Crippen LogP contribution in [0.15, 0.2) is 47.1 Å². The number of carbonyl (C=O) groups excluding carboxylic acids is 1. The van der Waals surface area contributed by atoms with E-state index in [1.54, 1.807) is 6.26 Å². The Balaban J connectivity index is 2.06. The van der Waals surface area contributed by atoms with Crippen LogP contribution >= 0.6 is 0 Å². The first kappa shape index (κ1) is 13.6. The zero-order valence-corrected chi connectivity index (χ0v) is 11.6. The van der Waals surface area contributed by atoms with Crippen molar-refractivity contribution >= 4 is 5.78 Å². The highest BCUT2D eigenvalue weighted by Gasteiger charge is 2.12. The molecule has 0 bridgehead atoms. The van der Waals surface area contributed by atoms with Gasteiger partial charge in [0.2, 0.25) is 0 Å². The Labute approximate surface area is 114 Å². The Bertz CT molecular complexity index is 524. The van der Waals surface area contributed by atoms with Crippen LogP contribution in [0.5, 0.6) is 0 Å². The van der Waals surface area contributed by atoms with Crippen LogP contribution in [0.2, 0.25) is 0 Å². The van der Waals surface area contributed by atoms with Crippen LogP contribution in [-0.4, -0.2) is 5.78 Å². The molecule has 0 amide bonds. The van der Waals surface area contributed by atoms with Crippen molar-refractivity contribution in [3.05, 3.63) is 59.5 Å². The number of furan rings is 1. The minimum absolute atomic E-state index is 0.202. The standard InChI is InChI=1S/C17H20O2/c1-13(2)12-14-6-3-4-8-16(14)17(18)10-9-15-7-5-11-19-15/h3-8,11,13H,9-10,12H2,1-2H3. The molecule has 19 heavy (non-hydrogen) atoms. The zero-order chi connectivity index (χ0) is 13.7. The molecule has 0 aliphatic carbocycles. The topological polar surface area (TPSA) is 30.2 Å².